The highest BCUT2D eigenvalue weighted by molar-refractivity contribution is 6.09. The highest BCUT2D eigenvalue weighted by Crippen LogP contribution is 2.35. The lowest BCUT2D eigenvalue weighted by atomic mass is 10.0. The van der Waals surface area contributed by atoms with Crippen molar-refractivity contribution in [1.29, 1.82) is 0 Å². The number of nitrogens with one attached hydrogen (secondary N) is 1. The van der Waals surface area contributed by atoms with Gasteiger partial charge in [0.1, 0.15) is 23.4 Å². The standard InChI is InChI=1S/C20H14N2O4/c23-18(24)11-22-20(25)16-9-8-12(10-21-16)13-5-3-6-15-14-4-1-2-7-17(14)26-19(13)15/h1-10H,11H2,(H,22,25)(H,23,24). The average molecular weight is 346 g/mol. The van der Waals surface area contributed by atoms with Gasteiger partial charge in [0.15, 0.2) is 0 Å². The molecule has 0 saturated carbocycles. The number of furan rings is 1. The Balaban J connectivity index is 1.72. The number of fused-ring (bicyclic) bond motifs is 3. The molecule has 128 valence electrons. The Labute approximate surface area is 148 Å². The van der Waals surface area contributed by atoms with Gasteiger partial charge >= 0.3 is 5.97 Å². The van der Waals surface area contributed by atoms with Crippen molar-refractivity contribution in [3.63, 3.8) is 0 Å². The number of rotatable bonds is 4. The van der Waals surface area contributed by atoms with Crippen molar-refractivity contribution >= 4 is 33.8 Å². The minimum Gasteiger partial charge on any atom is -0.480 e. The molecule has 0 aliphatic heterocycles. The number of nitrogens with zero attached hydrogens (tertiary/aromatic N) is 1. The molecule has 4 rings (SSSR count). The first-order valence-corrected chi connectivity index (χ1v) is 8.00. The molecule has 1 amide bonds. The van der Waals surface area contributed by atoms with Gasteiger partial charge in [0, 0.05) is 28.1 Å². The Morgan fingerprint density at radius 3 is 2.58 bits per heavy atom. The van der Waals surface area contributed by atoms with Crippen LogP contribution in [0.15, 0.2) is 65.2 Å². The van der Waals surface area contributed by atoms with E-state index in [1.54, 1.807) is 18.3 Å². The number of hydrogen-bond acceptors (Lipinski definition) is 4. The summed E-state index contributed by atoms with van der Waals surface area (Å²) in [6.07, 6.45) is 1.58. The van der Waals surface area contributed by atoms with E-state index in [1.165, 1.54) is 0 Å². The van der Waals surface area contributed by atoms with Crippen molar-refractivity contribution in [2.24, 2.45) is 0 Å². The maximum absolute atomic E-state index is 11.9. The number of hydrogen-bond donors (Lipinski definition) is 2. The molecular formula is C20H14N2O4. The van der Waals surface area contributed by atoms with Crippen LogP contribution >= 0.6 is 0 Å². The van der Waals surface area contributed by atoms with Crippen LogP contribution in [0.3, 0.4) is 0 Å². The number of carboxylic acid groups (broad SMARTS) is 1. The van der Waals surface area contributed by atoms with Crippen LogP contribution in [0.25, 0.3) is 33.1 Å². The van der Waals surface area contributed by atoms with Crippen molar-refractivity contribution < 1.29 is 19.1 Å². The highest BCUT2D eigenvalue weighted by atomic mass is 16.4. The predicted molar refractivity (Wildman–Crippen MR) is 96.9 cm³/mol. The minimum absolute atomic E-state index is 0.159. The van der Waals surface area contributed by atoms with Crippen LogP contribution in [0.4, 0.5) is 0 Å². The van der Waals surface area contributed by atoms with E-state index in [1.807, 2.05) is 42.5 Å². The van der Waals surface area contributed by atoms with E-state index in [0.717, 1.165) is 33.1 Å². The third-order valence-corrected chi connectivity index (χ3v) is 4.11. The van der Waals surface area contributed by atoms with E-state index < -0.39 is 18.4 Å². The van der Waals surface area contributed by atoms with Crippen molar-refractivity contribution in [1.82, 2.24) is 10.3 Å². The molecule has 2 heterocycles. The number of amides is 1. The number of carboxylic acids is 1. The lowest BCUT2D eigenvalue weighted by Crippen LogP contribution is -2.29. The van der Waals surface area contributed by atoms with Crippen LogP contribution in [-0.4, -0.2) is 28.5 Å². The zero-order valence-corrected chi connectivity index (χ0v) is 13.6. The monoisotopic (exact) mass is 346 g/mol. The van der Waals surface area contributed by atoms with Gasteiger partial charge < -0.3 is 14.8 Å². The Bertz CT molecular complexity index is 1130. The zero-order chi connectivity index (χ0) is 18.1. The second-order valence-electron chi connectivity index (χ2n) is 5.79. The van der Waals surface area contributed by atoms with E-state index in [2.05, 4.69) is 10.3 Å². The Hall–Kier alpha value is -3.67. The van der Waals surface area contributed by atoms with Crippen LogP contribution in [0, 0.1) is 0 Å². The molecule has 2 aromatic heterocycles. The summed E-state index contributed by atoms with van der Waals surface area (Å²) in [6, 6.07) is 17.1. The number of carbonyl (C=O) groups is 2. The third-order valence-electron chi connectivity index (χ3n) is 4.11. The molecule has 4 aromatic rings. The zero-order valence-electron chi connectivity index (χ0n) is 13.6. The molecular weight excluding hydrogens is 332 g/mol. The molecule has 6 heteroatoms. The summed E-state index contributed by atoms with van der Waals surface area (Å²) in [5, 5.41) is 13.0. The first-order valence-electron chi connectivity index (χ1n) is 8.00. The summed E-state index contributed by atoms with van der Waals surface area (Å²) < 4.78 is 6.01. The average Bonchev–Trinajstić information content (AvgIpc) is 3.05. The van der Waals surface area contributed by atoms with Gasteiger partial charge in [-0.1, -0.05) is 42.5 Å². The van der Waals surface area contributed by atoms with Crippen LogP contribution in [0.2, 0.25) is 0 Å². The fraction of sp³-hybridized carbons (Fsp3) is 0.0500. The maximum atomic E-state index is 11.9. The Kier molecular flexibility index (Phi) is 3.85. The first kappa shape index (κ1) is 15.8. The normalized spacial score (nSPS) is 10.9. The van der Waals surface area contributed by atoms with Gasteiger partial charge in [-0.15, -0.1) is 0 Å². The highest BCUT2D eigenvalue weighted by Gasteiger charge is 2.13. The summed E-state index contributed by atoms with van der Waals surface area (Å²) in [6.45, 7) is -0.444. The lowest BCUT2D eigenvalue weighted by Gasteiger charge is -2.05. The molecule has 0 aliphatic rings. The number of benzene rings is 2. The SMILES string of the molecule is O=C(O)CNC(=O)c1ccc(-c2cccc3c2oc2ccccc23)cn1. The predicted octanol–water partition coefficient (Wildman–Crippen LogP) is 3.46. The van der Waals surface area contributed by atoms with Gasteiger partial charge in [-0.2, -0.15) is 0 Å². The largest absolute Gasteiger partial charge is 0.480 e. The molecule has 0 atom stereocenters. The van der Waals surface area contributed by atoms with Gasteiger partial charge in [-0.3, -0.25) is 14.6 Å². The van der Waals surface area contributed by atoms with Crippen molar-refractivity contribution in [2.45, 2.75) is 0 Å². The van der Waals surface area contributed by atoms with Crippen molar-refractivity contribution in [3.8, 4) is 11.1 Å². The maximum Gasteiger partial charge on any atom is 0.322 e. The second kappa shape index (κ2) is 6.33. The summed E-state index contributed by atoms with van der Waals surface area (Å²) >= 11 is 0. The van der Waals surface area contributed by atoms with Gasteiger partial charge in [-0.05, 0) is 12.1 Å². The molecule has 0 radical (unpaired) electrons. The van der Waals surface area contributed by atoms with Gasteiger partial charge in [0.2, 0.25) is 0 Å². The summed E-state index contributed by atoms with van der Waals surface area (Å²) in [7, 11) is 0. The number of aromatic nitrogens is 1. The molecule has 0 bridgehead atoms. The number of para-hydroxylation sites is 2. The Morgan fingerprint density at radius 2 is 1.81 bits per heavy atom. The Morgan fingerprint density at radius 1 is 1.00 bits per heavy atom. The quantitative estimate of drug-likeness (QED) is 0.590. The fourth-order valence-electron chi connectivity index (χ4n) is 2.91. The molecule has 26 heavy (non-hydrogen) atoms. The number of pyridine rings is 1. The first-order chi connectivity index (χ1) is 12.6. The smallest absolute Gasteiger partial charge is 0.322 e. The fourth-order valence-corrected chi connectivity index (χ4v) is 2.91. The van der Waals surface area contributed by atoms with E-state index in [9.17, 15) is 9.59 Å². The number of aliphatic carboxylic acids is 1. The van der Waals surface area contributed by atoms with Crippen LogP contribution in [-0.2, 0) is 4.79 Å². The van der Waals surface area contributed by atoms with E-state index in [0.29, 0.717) is 0 Å². The summed E-state index contributed by atoms with van der Waals surface area (Å²) in [4.78, 5) is 26.5. The third kappa shape index (κ3) is 2.77. The second-order valence-corrected chi connectivity index (χ2v) is 5.79. The van der Waals surface area contributed by atoms with E-state index >= 15 is 0 Å². The molecule has 0 saturated heterocycles. The minimum atomic E-state index is -1.11. The number of carbonyl (C=O) groups excluding carboxylic acids is 1. The van der Waals surface area contributed by atoms with Crippen LogP contribution in [0.1, 0.15) is 10.5 Å². The van der Waals surface area contributed by atoms with Crippen LogP contribution in [0.5, 0.6) is 0 Å². The molecule has 0 spiro atoms. The molecule has 2 aromatic carbocycles. The van der Waals surface area contributed by atoms with Gasteiger partial charge in [0.05, 0.1) is 0 Å². The van der Waals surface area contributed by atoms with Crippen LogP contribution < -0.4 is 5.32 Å². The molecule has 0 aliphatic carbocycles. The van der Waals surface area contributed by atoms with E-state index in [4.69, 9.17) is 9.52 Å². The molecule has 6 nitrogen and oxygen atoms in total. The van der Waals surface area contributed by atoms with Gasteiger partial charge in [0.25, 0.3) is 5.91 Å². The topological polar surface area (TPSA) is 92.4 Å². The van der Waals surface area contributed by atoms with Crippen molar-refractivity contribution in [2.75, 3.05) is 6.54 Å². The molecule has 0 fully saturated rings. The molecule has 0 unspecified atom stereocenters. The molecule has 2 N–H and O–H groups in total. The summed E-state index contributed by atoms with van der Waals surface area (Å²) in [5.74, 6) is -1.63. The lowest BCUT2D eigenvalue weighted by molar-refractivity contribution is -0.135. The van der Waals surface area contributed by atoms with E-state index in [-0.39, 0.29) is 5.69 Å². The van der Waals surface area contributed by atoms with Gasteiger partial charge in [-0.25, -0.2) is 0 Å². The van der Waals surface area contributed by atoms with Crippen molar-refractivity contribution in [3.05, 3.63) is 66.5 Å². The summed E-state index contributed by atoms with van der Waals surface area (Å²) in [5.41, 5.74) is 3.42.